The number of carbonyl (C=O) groups is 1. The second-order valence-electron chi connectivity index (χ2n) is 5.87. The molecule has 0 N–H and O–H groups in total. The van der Waals surface area contributed by atoms with E-state index in [0.717, 1.165) is 22.6 Å². The van der Waals surface area contributed by atoms with E-state index in [1.54, 1.807) is 20.2 Å². The summed E-state index contributed by atoms with van der Waals surface area (Å²) in [5, 5.41) is 9.25. The molecule has 2 rings (SSSR count). The number of hydrogen-bond donors (Lipinski definition) is 0. The van der Waals surface area contributed by atoms with Crippen molar-refractivity contribution in [1.82, 2.24) is 9.47 Å². The first-order valence-electron chi connectivity index (χ1n) is 7.44. The van der Waals surface area contributed by atoms with Crippen LogP contribution in [0.5, 0.6) is 0 Å². The Morgan fingerprint density at radius 1 is 1.17 bits per heavy atom. The zero-order chi connectivity index (χ0) is 17.1. The van der Waals surface area contributed by atoms with Crippen LogP contribution in [0.3, 0.4) is 0 Å². The fourth-order valence-corrected chi connectivity index (χ4v) is 2.56. The van der Waals surface area contributed by atoms with Crippen LogP contribution in [0.2, 0.25) is 0 Å². The lowest BCUT2D eigenvalue weighted by Crippen LogP contribution is -2.22. The van der Waals surface area contributed by atoms with Gasteiger partial charge in [-0.05, 0) is 50.6 Å². The van der Waals surface area contributed by atoms with Crippen LogP contribution < -0.4 is 0 Å². The lowest BCUT2D eigenvalue weighted by Gasteiger charge is -2.10. The number of nitriles is 1. The first-order valence-corrected chi connectivity index (χ1v) is 7.44. The Morgan fingerprint density at radius 2 is 1.78 bits per heavy atom. The van der Waals surface area contributed by atoms with Gasteiger partial charge in [0.25, 0.3) is 5.91 Å². The molecule has 0 atom stereocenters. The summed E-state index contributed by atoms with van der Waals surface area (Å²) in [5.41, 5.74) is 5.37. The fourth-order valence-electron chi connectivity index (χ4n) is 2.56. The Kier molecular flexibility index (Phi) is 4.71. The quantitative estimate of drug-likeness (QED) is 0.644. The number of likely N-dealkylation sites (N-methyl/N-ethyl adjacent to an activating group) is 1. The molecule has 0 radical (unpaired) electrons. The summed E-state index contributed by atoms with van der Waals surface area (Å²) in [6.45, 7) is 6.07. The zero-order valence-corrected chi connectivity index (χ0v) is 14.2. The average Bonchev–Trinajstić information content (AvgIpc) is 2.79. The predicted octanol–water partition coefficient (Wildman–Crippen LogP) is 3.40. The van der Waals surface area contributed by atoms with Crippen LogP contribution in [0, 0.1) is 32.1 Å². The molecule has 1 amide bonds. The Labute approximate surface area is 137 Å². The molecule has 0 aliphatic rings. The molecule has 0 aliphatic heterocycles. The van der Waals surface area contributed by atoms with Crippen molar-refractivity contribution in [2.75, 3.05) is 14.1 Å². The van der Waals surface area contributed by atoms with Crippen molar-refractivity contribution in [2.24, 2.45) is 0 Å². The van der Waals surface area contributed by atoms with Crippen molar-refractivity contribution in [3.05, 3.63) is 58.4 Å². The van der Waals surface area contributed by atoms with E-state index in [-0.39, 0.29) is 11.5 Å². The Balaban J connectivity index is 2.51. The summed E-state index contributed by atoms with van der Waals surface area (Å²) in [6.07, 6.45) is 1.66. The smallest absolute Gasteiger partial charge is 0.264 e. The topological polar surface area (TPSA) is 49.0 Å². The van der Waals surface area contributed by atoms with Crippen molar-refractivity contribution >= 4 is 12.0 Å². The standard InChI is InChI=1S/C19H21N3O/c1-13-6-8-18(9-7-13)22-14(2)10-16(15(22)3)11-17(12-20)19(23)21(4)5/h6-11H,1-5H3/b17-11-. The van der Waals surface area contributed by atoms with E-state index in [2.05, 4.69) is 35.8 Å². The SMILES string of the molecule is Cc1ccc(-n2c(C)cc(/C=C(/C#N)C(=O)N(C)C)c2C)cc1. The first kappa shape index (κ1) is 16.6. The van der Waals surface area contributed by atoms with Crippen LogP contribution in [0.15, 0.2) is 35.9 Å². The van der Waals surface area contributed by atoms with Gasteiger partial charge in [-0.1, -0.05) is 17.7 Å². The van der Waals surface area contributed by atoms with E-state index in [0.29, 0.717) is 0 Å². The van der Waals surface area contributed by atoms with Gasteiger partial charge in [0.1, 0.15) is 11.6 Å². The van der Waals surface area contributed by atoms with Crippen molar-refractivity contribution in [2.45, 2.75) is 20.8 Å². The van der Waals surface area contributed by atoms with E-state index in [4.69, 9.17) is 0 Å². The van der Waals surface area contributed by atoms with Crippen molar-refractivity contribution in [1.29, 1.82) is 5.26 Å². The third kappa shape index (κ3) is 3.35. The molecule has 1 aromatic heterocycles. The second-order valence-corrected chi connectivity index (χ2v) is 5.87. The van der Waals surface area contributed by atoms with Gasteiger partial charge in [0.15, 0.2) is 0 Å². The fraction of sp³-hybridized carbons (Fsp3) is 0.263. The number of benzene rings is 1. The van der Waals surface area contributed by atoms with E-state index in [1.165, 1.54) is 10.5 Å². The van der Waals surface area contributed by atoms with Crippen molar-refractivity contribution in [3.8, 4) is 11.8 Å². The summed E-state index contributed by atoms with van der Waals surface area (Å²) in [6, 6.07) is 12.3. The molecule has 4 nitrogen and oxygen atoms in total. The predicted molar refractivity (Wildman–Crippen MR) is 92.3 cm³/mol. The number of rotatable bonds is 3. The molecule has 0 spiro atoms. The van der Waals surface area contributed by atoms with E-state index in [9.17, 15) is 10.1 Å². The number of amides is 1. The van der Waals surface area contributed by atoms with E-state index in [1.807, 2.05) is 26.0 Å². The van der Waals surface area contributed by atoms with Gasteiger partial charge in [-0.15, -0.1) is 0 Å². The Morgan fingerprint density at radius 3 is 2.30 bits per heavy atom. The van der Waals surface area contributed by atoms with Gasteiger partial charge in [0, 0.05) is 31.2 Å². The molecule has 0 fully saturated rings. The highest BCUT2D eigenvalue weighted by molar-refractivity contribution is 6.01. The van der Waals surface area contributed by atoms with Crippen LogP contribution in [-0.4, -0.2) is 29.5 Å². The highest BCUT2D eigenvalue weighted by atomic mass is 16.2. The molecule has 0 bridgehead atoms. The largest absolute Gasteiger partial charge is 0.344 e. The third-order valence-electron chi connectivity index (χ3n) is 3.82. The van der Waals surface area contributed by atoms with Crippen LogP contribution in [-0.2, 0) is 4.79 Å². The monoisotopic (exact) mass is 307 g/mol. The summed E-state index contributed by atoms with van der Waals surface area (Å²) in [4.78, 5) is 13.4. The number of hydrogen-bond acceptors (Lipinski definition) is 2. The molecule has 118 valence electrons. The van der Waals surface area contributed by atoms with Gasteiger partial charge in [0.2, 0.25) is 0 Å². The second kappa shape index (κ2) is 6.53. The maximum Gasteiger partial charge on any atom is 0.264 e. The lowest BCUT2D eigenvalue weighted by molar-refractivity contribution is -0.124. The van der Waals surface area contributed by atoms with Gasteiger partial charge in [-0.3, -0.25) is 4.79 Å². The van der Waals surface area contributed by atoms with Crippen LogP contribution in [0.1, 0.15) is 22.5 Å². The minimum atomic E-state index is -0.285. The summed E-state index contributed by atoms with van der Waals surface area (Å²) in [7, 11) is 3.28. The summed E-state index contributed by atoms with van der Waals surface area (Å²) in [5.74, 6) is -0.285. The number of nitrogens with zero attached hydrogens (tertiary/aromatic N) is 3. The van der Waals surface area contributed by atoms with Gasteiger partial charge in [0.05, 0.1) is 0 Å². The molecule has 4 heteroatoms. The van der Waals surface area contributed by atoms with Crippen LogP contribution in [0.25, 0.3) is 11.8 Å². The summed E-state index contributed by atoms with van der Waals surface area (Å²) >= 11 is 0. The maximum atomic E-state index is 12.0. The summed E-state index contributed by atoms with van der Waals surface area (Å²) < 4.78 is 2.13. The Hall–Kier alpha value is -2.80. The van der Waals surface area contributed by atoms with Gasteiger partial charge < -0.3 is 9.47 Å². The minimum Gasteiger partial charge on any atom is -0.344 e. The number of carbonyl (C=O) groups excluding carboxylic acids is 1. The van der Waals surface area contributed by atoms with Crippen LogP contribution in [0.4, 0.5) is 0 Å². The molecule has 23 heavy (non-hydrogen) atoms. The van der Waals surface area contributed by atoms with Gasteiger partial charge in [-0.25, -0.2) is 0 Å². The van der Waals surface area contributed by atoms with Crippen molar-refractivity contribution in [3.63, 3.8) is 0 Å². The van der Waals surface area contributed by atoms with E-state index < -0.39 is 0 Å². The molecular weight excluding hydrogens is 286 g/mol. The lowest BCUT2D eigenvalue weighted by atomic mass is 10.1. The molecule has 0 saturated carbocycles. The molecule has 0 aliphatic carbocycles. The third-order valence-corrected chi connectivity index (χ3v) is 3.82. The molecule has 1 aromatic carbocycles. The maximum absolute atomic E-state index is 12.0. The molecular formula is C19H21N3O. The Bertz CT molecular complexity index is 802. The molecule has 1 heterocycles. The molecule has 0 saturated heterocycles. The van der Waals surface area contributed by atoms with Gasteiger partial charge in [-0.2, -0.15) is 5.26 Å². The normalized spacial score (nSPS) is 11.2. The average molecular weight is 307 g/mol. The molecule has 2 aromatic rings. The number of aryl methyl sites for hydroxylation is 2. The minimum absolute atomic E-state index is 0.138. The molecule has 0 unspecified atom stereocenters. The number of aromatic nitrogens is 1. The van der Waals surface area contributed by atoms with E-state index >= 15 is 0 Å². The zero-order valence-electron chi connectivity index (χ0n) is 14.2. The highest BCUT2D eigenvalue weighted by Crippen LogP contribution is 2.23. The van der Waals surface area contributed by atoms with Gasteiger partial charge >= 0.3 is 0 Å². The highest BCUT2D eigenvalue weighted by Gasteiger charge is 2.14. The van der Waals surface area contributed by atoms with Crippen molar-refractivity contribution < 1.29 is 4.79 Å². The van der Waals surface area contributed by atoms with Crippen LogP contribution >= 0.6 is 0 Å². The first-order chi connectivity index (χ1) is 10.8.